The number of nitrogens with zero attached hydrogens (tertiary/aromatic N) is 1. The Morgan fingerprint density at radius 1 is 1.28 bits per heavy atom. The van der Waals surface area contributed by atoms with Crippen LogP contribution in [0.15, 0.2) is 12.3 Å². The van der Waals surface area contributed by atoms with Gasteiger partial charge in [0.2, 0.25) is 5.91 Å². The first kappa shape index (κ1) is 20.4. The van der Waals surface area contributed by atoms with Gasteiger partial charge in [0, 0.05) is 11.7 Å². The molecule has 1 atom stereocenters. The van der Waals surface area contributed by atoms with Gasteiger partial charge in [0.15, 0.2) is 0 Å². The third-order valence-corrected chi connectivity index (χ3v) is 3.09. The number of carbonyl (C=O) groups is 3. The maximum atomic E-state index is 12.1. The normalized spacial score (nSPS) is 12.1. The first-order valence-corrected chi connectivity index (χ1v) is 8.06. The number of aromatic nitrogens is 1. The minimum Gasteiger partial charge on any atom is -0.462 e. The van der Waals surface area contributed by atoms with Gasteiger partial charge in [-0.1, -0.05) is 0 Å². The molecule has 0 unspecified atom stereocenters. The van der Waals surface area contributed by atoms with E-state index >= 15 is 0 Å². The number of rotatable bonds is 5. The van der Waals surface area contributed by atoms with Gasteiger partial charge in [-0.2, -0.15) is 0 Å². The van der Waals surface area contributed by atoms with Crippen molar-refractivity contribution in [2.24, 2.45) is 0 Å². The highest BCUT2D eigenvalue weighted by Crippen LogP contribution is 2.15. The molecule has 0 saturated heterocycles. The van der Waals surface area contributed by atoms with Crippen LogP contribution in [0.3, 0.4) is 0 Å². The van der Waals surface area contributed by atoms with Crippen LogP contribution in [0, 0.1) is 6.92 Å². The highest BCUT2D eigenvalue weighted by atomic mass is 16.5. The van der Waals surface area contributed by atoms with Crippen LogP contribution in [-0.4, -0.2) is 41.1 Å². The number of aryl methyl sites for hydroxylation is 1. The van der Waals surface area contributed by atoms with Crippen molar-refractivity contribution in [1.29, 1.82) is 0 Å². The number of carbonyl (C=O) groups excluding carboxylic acids is 3. The molecule has 0 aromatic carbocycles. The summed E-state index contributed by atoms with van der Waals surface area (Å²) in [4.78, 5) is 39.9. The summed E-state index contributed by atoms with van der Waals surface area (Å²) in [6.45, 7) is 10.8. The van der Waals surface area contributed by atoms with Crippen LogP contribution in [0.4, 0.5) is 10.5 Å². The molecule has 138 valence electrons. The van der Waals surface area contributed by atoms with E-state index in [9.17, 15) is 14.4 Å². The zero-order valence-corrected chi connectivity index (χ0v) is 15.5. The Balaban J connectivity index is 2.75. The Hall–Kier alpha value is -2.64. The summed E-state index contributed by atoms with van der Waals surface area (Å²) in [5, 5.41) is 7.92. The molecular formula is C17H26N4O4. The molecule has 0 aliphatic carbocycles. The lowest BCUT2D eigenvalue weighted by molar-refractivity contribution is -0.123. The van der Waals surface area contributed by atoms with Gasteiger partial charge in [-0.3, -0.25) is 9.78 Å². The van der Waals surface area contributed by atoms with E-state index in [2.05, 4.69) is 20.9 Å². The summed E-state index contributed by atoms with van der Waals surface area (Å²) in [6, 6.07) is 0.197. The van der Waals surface area contributed by atoms with Gasteiger partial charge in [0.1, 0.15) is 6.04 Å². The quantitative estimate of drug-likeness (QED) is 0.704. The van der Waals surface area contributed by atoms with Crippen LogP contribution in [-0.2, 0) is 9.53 Å². The first-order chi connectivity index (χ1) is 11.5. The van der Waals surface area contributed by atoms with Gasteiger partial charge < -0.3 is 20.7 Å². The molecular weight excluding hydrogens is 324 g/mol. The molecule has 3 amide bonds. The molecule has 0 saturated carbocycles. The van der Waals surface area contributed by atoms with E-state index in [0.29, 0.717) is 11.4 Å². The van der Waals surface area contributed by atoms with Crippen molar-refractivity contribution in [3.05, 3.63) is 23.5 Å². The second kappa shape index (κ2) is 8.46. The molecule has 0 spiro atoms. The molecule has 1 aromatic heterocycles. The maximum absolute atomic E-state index is 12.1. The number of ether oxygens (including phenoxy) is 1. The number of pyridine rings is 1. The van der Waals surface area contributed by atoms with Crippen LogP contribution in [0.2, 0.25) is 0 Å². The summed E-state index contributed by atoms with van der Waals surface area (Å²) >= 11 is 0. The summed E-state index contributed by atoms with van der Waals surface area (Å²) in [5.74, 6) is -0.811. The van der Waals surface area contributed by atoms with Crippen molar-refractivity contribution in [2.75, 3.05) is 11.9 Å². The number of hydrogen-bond donors (Lipinski definition) is 3. The summed E-state index contributed by atoms with van der Waals surface area (Å²) in [7, 11) is 0. The lowest BCUT2D eigenvalue weighted by Gasteiger charge is -2.23. The standard InChI is InChI=1S/C17H26N4O4/c1-7-25-15(23)12-8-13(10(2)18-9-12)20-16(24)19-11(3)14(22)21-17(4,5)6/h8-9,11H,7H2,1-6H3,(H,21,22)(H2,19,20,24)/t11-/m1/s1. The number of amides is 3. The zero-order chi connectivity index (χ0) is 19.2. The monoisotopic (exact) mass is 350 g/mol. The molecule has 0 fully saturated rings. The molecule has 1 heterocycles. The van der Waals surface area contributed by atoms with E-state index < -0.39 is 23.6 Å². The number of nitrogens with one attached hydrogen (secondary N) is 3. The van der Waals surface area contributed by atoms with Crippen molar-refractivity contribution in [3.63, 3.8) is 0 Å². The minimum absolute atomic E-state index is 0.237. The SMILES string of the molecule is CCOC(=O)c1cnc(C)c(NC(=O)N[C@H](C)C(=O)NC(C)(C)C)c1. The van der Waals surface area contributed by atoms with Gasteiger partial charge in [-0.05, 0) is 47.6 Å². The molecule has 0 aliphatic heterocycles. The predicted molar refractivity (Wildman–Crippen MR) is 94.4 cm³/mol. The van der Waals surface area contributed by atoms with E-state index in [1.165, 1.54) is 12.3 Å². The molecule has 8 heteroatoms. The predicted octanol–water partition coefficient (Wildman–Crippen LogP) is 1.99. The summed E-state index contributed by atoms with van der Waals surface area (Å²) < 4.78 is 4.91. The van der Waals surface area contributed by atoms with E-state index in [1.54, 1.807) is 20.8 Å². The molecule has 0 bridgehead atoms. The second-order valence-electron chi connectivity index (χ2n) is 6.64. The molecule has 25 heavy (non-hydrogen) atoms. The van der Waals surface area contributed by atoms with Gasteiger partial charge in [0.25, 0.3) is 0 Å². The average Bonchev–Trinajstić information content (AvgIpc) is 2.47. The van der Waals surface area contributed by atoms with E-state index in [1.807, 2.05) is 20.8 Å². The van der Waals surface area contributed by atoms with Gasteiger partial charge in [-0.25, -0.2) is 9.59 Å². The Kier molecular flexibility index (Phi) is 6.90. The van der Waals surface area contributed by atoms with Crippen molar-refractivity contribution >= 4 is 23.6 Å². The average molecular weight is 350 g/mol. The fourth-order valence-electron chi connectivity index (χ4n) is 1.88. The summed E-state index contributed by atoms with van der Waals surface area (Å²) in [5.41, 5.74) is 0.751. The van der Waals surface area contributed by atoms with Crippen molar-refractivity contribution in [1.82, 2.24) is 15.6 Å². The van der Waals surface area contributed by atoms with Crippen molar-refractivity contribution in [3.8, 4) is 0 Å². The Labute approximate surface area is 147 Å². The van der Waals surface area contributed by atoms with E-state index in [0.717, 1.165) is 0 Å². The van der Waals surface area contributed by atoms with Crippen LogP contribution in [0.1, 0.15) is 50.7 Å². The molecule has 1 rings (SSSR count). The number of urea groups is 1. The molecule has 3 N–H and O–H groups in total. The topological polar surface area (TPSA) is 109 Å². The molecule has 1 aromatic rings. The largest absolute Gasteiger partial charge is 0.462 e. The first-order valence-electron chi connectivity index (χ1n) is 8.06. The fraction of sp³-hybridized carbons (Fsp3) is 0.529. The van der Waals surface area contributed by atoms with Crippen LogP contribution < -0.4 is 16.0 Å². The Bertz CT molecular complexity index is 653. The summed E-state index contributed by atoms with van der Waals surface area (Å²) in [6.07, 6.45) is 1.38. The maximum Gasteiger partial charge on any atom is 0.339 e. The third-order valence-electron chi connectivity index (χ3n) is 3.09. The van der Waals surface area contributed by atoms with E-state index in [4.69, 9.17) is 4.74 Å². The Morgan fingerprint density at radius 3 is 2.48 bits per heavy atom. The lowest BCUT2D eigenvalue weighted by atomic mass is 10.1. The van der Waals surface area contributed by atoms with Gasteiger partial charge in [-0.15, -0.1) is 0 Å². The molecule has 0 aliphatic rings. The van der Waals surface area contributed by atoms with Crippen LogP contribution >= 0.6 is 0 Å². The lowest BCUT2D eigenvalue weighted by Crippen LogP contribution is -2.51. The van der Waals surface area contributed by atoms with Crippen molar-refractivity contribution < 1.29 is 19.1 Å². The van der Waals surface area contributed by atoms with Crippen molar-refractivity contribution in [2.45, 2.75) is 53.1 Å². The van der Waals surface area contributed by atoms with Crippen LogP contribution in [0.5, 0.6) is 0 Å². The molecule has 0 radical (unpaired) electrons. The third kappa shape index (κ3) is 6.78. The van der Waals surface area contributed by atoms with Gasteiger partial charge in [0.05, 0.1) is 23.6 Å². The Morgan fingerprint density at radius 2 is 1.92 bits per heavy atom. The number of hydrogen-bond acceptors (Lipinski definition) is 5. The van der Waals surface area contributed by atoms with E-state index in [-0.39, 0.29) is 18.1 Å². The zero-order valence-electron chi connectivity index (χ0n) is 15.5. The number of anilines is 1. The fourth-order valence-corrected chi connectivity index (χ4v) is 1.88. The van der Waals surface area contributed by atoms with Crippen LogP contribution in [0.25, 0.3) is 0 Å². The highest BCUT2D eigenvalue weighted by Gasteiger charge is 2.21. The molecule has 8 nitrogen and oxygen atoms in total. The minimum atomic E-state index is -0.722. The number of esters is 1. The van der Waals surface area contributed by atoms with Gasteiger partial charge >= 0.3 is 12.0 Å². The smallest absolute Gasteiger partial charge is 0.339 e. The second-order valence-corrected chi connectivity index (χ2v) is 6.64. The highest BCUT2D eigenvalue weighted by molar-refractivity contribution is 5.96.